The molecule has 0 aliphatic carbocycles. The van der Waals surface area contributed by atoms with Gasteiger partial charge in [-0.25, -0.2) is 4.39 Å². The van der Waals surface area contributed by atoms with Gasteiger partial charge in [-0.05, 0) is 52.2 Å². The van der Waals surface area contributed by atoms with Gasteiger partial charge in [-0.2, -0.15) is 0 Å². The van der Waals surface area contributed by atoms with Crippen molar-refractivity contribution in [3.8, 4) is 0 Å². The lowest BCUT2D eigenvalue weighted by molar-refractivity contribution is 0.600. The van der Waals surface area contributed by atoms with Gasteiger partial charge in [0, 0.05) is 14.0 Å². The van der Waals surface area contributed by atoms with E-state index in [-0.39, 0.29) is 11.9 Å². The van der Waals surface area contributed by atoms with Crippen LogP contribution in [-0.2, 0) is 0 Å². The summed E-state index contributed by atoms with van der Waals surface area (Å²) in [6.07, 6.45) is 0. The van der Waals surface area contributed by atoms with Crippen molar-refractivity contribution >= 4 is 33.9 Å². The lowest BCUT2D eigenvalue weighted by Crippen LogP contribution is -2.12. The van der Waals surface area contributed by atoms with Gasteiger partial charge in [-0.3, -0.25) is 0 Å². The smallest absolute Gasteiger partial charge is 0.128 e. The summed E-state index contributed by atoms with van der Waals surface area (Å²) >= 11 is 3.70. The van der Waals surface area contributed by atoms with Crippen molar-refractivity contribution in [3.63, 3.8) is 0 Å². The van der Waals surface area contributed by atoms with E-state index in [1.54, 1.807) is 23.5 Å². The Morgan fingerprint density at radius 3 is 2.80 bits per heavy atom. The fourth-order valence-electron chi connectivity index (χ4n) is 1.37. The van der Waals surface area contributed by atoms with Gasteiger partial charge in [0.15, 0.2) is 0 Å². The van der Waals surface area contributed by atoms with Gasteiger partial charge in [-0.15, -0.1) is 11.3 Å². The van der Waals surface area contributed by atoms with Gasteiger partial charge in [-0.1, -0.05) is 6.07 Å². The van der Waals surface area contributed by atoms with E-state index in [4.69, 9.17) is 5.73 Å². The molecule has 0 spiro atoms. The average molecular weight is 333 g/mol. The van der Waals surface area contributed by atoms with E-state index in [1.807, 2.05) is 17.5 Å². The van der Waals surface area contributed by atoms with E-state index in [2.05, 4.69) is 22.6 Å². The summed E-state index contributed by atoms with van der Waals surface area (Å²) in [6.45, 7) is 0. The number of rotatable bonds is 2. The van der Waals surface area contributed by atoms with Crippen molar-refractivity contribution in [1.29, 1.82) is 0 Å². The standard InChI is InChI=1S/C11H9FINS/c12-9-4-3-7(13)6-8(9)11(14)10-2-1-5-15-10/h1-6,11H,14H2/t11-/m0/s1. The molecule has 1 atom stereocenters. The Labute approximate surface area is 105 Å². The molecule has 78 valence electrons. The van der Waals surface area contributed by atoms with E-state index < -0.39 is 0 Å². The van der Waals surface area contributed by atoms with E-state index in [0.717, 1.165) is 8.45 Å². The molecule has 0 saturated carbocycles. The highest BCUT2D eigenvalue weighted by Gasteiger charge is 2.14. The highest BCUT2D eigenvalue weighted by molar-refractivity contribution is 14.1. The molecule has 0 amide bonds. The maximum absolute atomic E-state index is 13.5. The summed E-state index contributed by atoms with van der Waals surface area (Å²) in [5, 5.41) is 1.95. The number of benzene rings is 1. The van der Waals surface area contributed by atoms with E-state index >= 15 is 0 Å². The molecule has 0 bridgehead atoms. The predicted octanol–water partition coefficient (Wildman–Crippen LogP) is 3.54. The fourth-order valence-corrected chi connectivity index (χ4v) is 2.63. The van der Waals surface area contributed by atoms with Crippen LogP contribution in [-0.4, -0.2) is 0 Å². The van der Waals surface area contributed by atoms with Crippen molar-refractivity contribution < 1.29 is 4.39 Å². The Hall–Kier alpha value is -0.460. The van der Waals surface area contributed by atoms with Crippen molar-refractivity contribution in [2.24, 2.45) is 5.73 Å². The first-order valence-electron chi connectivity index (χ1n) is 4.42. The summed E-state index contributed by atoms with van der Waals surface area (Å²) in [4.78, 5) is 0.982. The fraction of sp³-hybridized carbons (Fsp3) is 0.0909. The molecule has 15 heavy (non-hydrogen) atoms. The van der Waals surface area contributed by atoms with Gasteiger partial charge < -0.3 is 5.73 Å². The van der Waals surface area contributed by atoms with Crippen LogP contribution in [0.1, 0.15) is 16.5 Å². The van der Waals surface area contributed by atoms with E-state index in [1.165, 1.54) is 6.07 Å². The van der Waals surface area contributed by atoms with Gasteiger partial charge in [0.2, 0.25) is 0 Å². The van der Waals surface area contributed by atoms with Crippen molar-refractivity contribution in [2.75, 3.05) is 0 Å². The van der Waals surface area contributed by atoms with Crippen molar-refractivity contribution in [3.05, 3.63) is 55.5 Å². The molecule has 1 aromatic carbocycles. The van der Waals surface area contributed by atoms with Crippen LogP contribution < -0.4 is 5.73 Å². The third-order valence-electron chi connectivity index (χ3n) is 2.14. The third kappa shape index (κ3) is 2.38. The second-order valence-corrected chi connectivity index (χ2v) is 5.38. The largest absolute Gasteiger partial charge is 0.320 e. The van der Waals surface area contributed by atoms with Crippen molar-refractivity contribution in [2.45, 2.75) is 6.04 Å². The third-order valence-corrected chi connectivity index (χ3v) is 3.77. The number of halogens is 2. The van der Waals surface area contributed by atoms with Crippen LogP contribution in [0.4, 0.5) is 4.39 Å². The molecule has 2 aromatic rings. The summed E-state index contributed by atoms with van der Waals surface area (Å²) in [5.74, 6) is -0.240. The van der Waals surface area contributed by atoms with Crippen LogP contribution in [0.3, 0.4) is 0 Å². The molecule has 2 N–H and O–H groups in total. The van der Waals surface area contributed by atoms with Crippen LogP contribution in [0, 0.1) is 9.39 Å². The Morgan fingerprint density at radius 1 is 1.33 bits per heavy atom. The molecule has 0 radical (unpaired) electrons. The summed E-state index contributed by atoms with van der Waals surface area (Å²) in [7, 11) is 0. The normalized spacial score (nSPS) is 12.7. The van der Waals surface area contributed by atoms with E-state index in [9.17, 15) is 4.39 Å². The van der Waals surface area contributed by atoms with Gasteiger partial charge in [0.05, 0.1) is 6.04 Å². The number of hydrogen-bond donors (Lipinski definition) is 1. The second-order valence-electron chi connectivity index (χ2n) is 3.16. The lowest BCUT2D eigenvalue weighted by atomic mass is 10.1. The summed E-state index contributed by atoms with van der Waals surface area (Å²) in [6, 6.07) is 8.48. The summed E-state index contributed by atoms with van der Waals surface area (Å²) in [5.41, 5.74) is 6.56. The molecular formula is C11H9FINS. The topological polar surface area (TPSA) is 26.0 Å². The molecule has 0 fully saturated rings. The zero-order chi connectivity index (χ0) is 10.8. The van der Waals surface area contributed by atoms with Gasteiger partial charge >= 0.3 is 0 Å². The molecule has 1 heterocycles. The highest BCUT2D eigenvalue weighted by atomic mass is 127. The number of nitrogens with two attached hydrogens (primary N) is 1. The van der Waals surface area contributed by atoms with Gasteiger partial charge in [0.25, 0.3) is 0 Å². The zero-order valence-electron chi connectivity index (χ0n) is 7.78. The average Bonchev–Trinajstić information content (AvgIpc) is 2.74. The van der Waals surface area contributed by atoms with Crippen LogP contribution in [0.15, 0.2) is 35.7 Å². The molecule has 2 rings (SSSR count). The number of thiophene rings is 1. The SMILES string of the molecule is N[C@H](c1cccs1)c1cc(I)ccc1F. The van der Waals surface area contributed by atoms with Crippen molar-refractivity contribution in [1.82, 2.24) is 0 Å². The molecule has 0 saturated heterocycles. The predicted molar refractivity (Wildman–Crippen MR) is 69.5 cm³/mol. The molecule has 1 aromatic heterocycles. The van der Waals surface area contributed by atoms with Crippen LogP contribution >= 0.6 is 33.9 Å². The Bertz CT molecular complexity index is 456. The highest BCUT2D eigenvalue weighted by Crippen LogP contribution is 2.26. The maximum atomic E-state index is 13.5. The minimum atomic E-state index is -0.361. The van der Waals surface area contributed by atoms with Crippen LogP contribution in [0.25, 0.3) is 0 Å². The Kier molecular flexibility index (Phi) is 3.38. The number of hydrogen-bond acceptors (Lipinski definition) is 2. The van der Waals surface area contributed by atoms with Crippen LogP contribution in [0.5, 0.6) is 0 Å². The minimum Gasteiger partial charge on any atom is -0.320 e. The first kappa shape index (κ1) is 11.0. The second kappa shape index (κ2) is 4.59. The van der Waals surface area contributed by atoms with Crippen LogP contribution in [0.2, 0.25) is 0 Å². The van der Waals surface area contributed by atoms with E-state index in [0.29, 0.717) is 5.56 Å². The molecule has 0 aliphatic heterocycles. The quantitative estimate of drug-likeness (QED) is 0.836. The molecule has 0 unspecified atom stereocenters. The molecular weight excluding hydrogens is 324 g/mol. The Morgan fingerprint density at radius 2 is 2.13 bits per heavy atom. The Balaban J connectivity index is 2.41. The summed E-state index contributed by atoms with van der Waals surface area (Å²) < 4.78 is 14.5. The lowest BCUT2D eigenvalue weighted by Gasteiger charge is -2.11. The minimum absolute atomic E-state index is 0.240. The maximum Gasteiger partial charge on any atom is 0.128 e. The zero-order valence-corrected chi connectivity index (χ0v) is 10.8. The van der Waals surface area contributed by atoms with Gasteiger partial charge in [0.1, 0.15) is 5.82 Å². The molecule has 1 nitrogen and oxygen atoms in total. The monoisotopic (exact) mass is 333 g/mol. The molecule has 0 aliphatic rings. The first-order valence-corrected chi connectivity index (χ1v) is 6.38. The molecule has 4 heteroatoms. The first-order chi connectivity index (χ1) is 7.18.